The number of aliphatic carboxylic acids is 1. The van der Waals surface area contributed by atoms with Gasteiger partial charge in [-0.05, 0) is 25.7 Å². The molecule has 0 rings (SSSR count). The number of aliphatic imine (C=N–C) groups is 1. The van der Waals surface area contributed by atoms with E-state index in [9.17, 15) is 29.4 Å². The van der Waals surface area contributed by atoms with E-state index in [0.29, 0.717) is 6.42 Å². The van der Waals surface area contributed by atoms with E-state index in [2.05, 4.69) is 20.9 Å². The van der Waals surface area contributed by atoms with Crippen LogP contribution in [0.3, 0.4) is 0 Å². The minimum atomic E-state index is -1.51. The molecule has 0 radical (unpaired) electrons. The van der Waals surface area contributed by atoms with Gasteiger partial charge in [0.15, 0.2) is 5.96 Å². The van der Waals surface area contributed by atoms with Crippen molar-refractivity contribution >= 4 is 29.7 Å². The Labute approximate surface area is 186 Å². The highest BCUT2D eigenvalue weighted by atomic mass is 16.4. The van der Waals surface area contributed by atoms with Gasteiger partial charge in [0.05, 0.1) is 18.8 Å². The van der Waals surface area contributed by atoms with Gasteiger partial charge in [-0.2, -0.15) is 0 Å². The molecule has 184 valence electrons. The topological polar surface area (TPSA) is 255 Å². The lowest BCUT2D eigenvalue weighted by Crippen LogP contribution is -2.60. The zero-order valence-corrected chi connectivity index (χ0v) is 18.4. The van der Waals surface area contributed by atoms with Crippen LogP contribution >= 0.6 is 0 Å². The van der Waals surface area contributed by atoms with Crippen molar-refractivity contribution in [2.45, 2.75) is 63.9 Å². The summed E-state index contributed by atoms with van der Waals surface area (Å²) in [6.07, 6.45) is -0.770. The third kappa shape index (κ3) is 10.4. The largest absolute Gasteiger partial charge is 0.480 e. The van der Waals surface area contributed by atoms with Crippen molar-refractivity contribution in [2.75, 3.05) is 13.2 Å². The molecule has 0 heterocycles. The molecule has 14 nitrogen and oxygen atoms in total. The van der Waals surface area contributed by atoms with Gasteiger partial charge in [0, 0.05) is 6.54 Å². The molecule has 5 atom stereocenters. The quantitative estimate of drug-likeness (QED) is 0.0686. The highest BCUT2D eigenvalue weighted by molar-refractivity contribution is 5.94. The van der Waals surface area contributed by atoms with Crippen LogP contribution in [0.25, 0.3) is 0 Å². The van der Waals surface area contributed by atoms with Gasteiger partial charge >= 0.3 is 5.97 Å². The number of aliphatic hydroxyl groups is 2. The fourth-order valence-corrected chi connectivity index (χ4v) is 2.54. The third-order valence-corrected chi connectivity index (χ3v) is 4.41. The first-order valence-electron chi connectivity index (χ1n) is 10.1. The van der Waals surface area contributed by atoms with Crippen LogP contribution in [-0.4, -0.2) is 88.4 Å². The molecule has 0 aromatic rings. The van der Waals surface area contributed by atoms with Crippen molar-refractivity contribution < 1.29 is 34.5 Å². The van der Waals surface area contributed by atoms with Crippen LogP contribution in [0, 0.1) is 5.92 Å². The van der Waals surface area contributed by atoms with E-state index in [4.69, 9.17) is 22.3 Å². The van der Waals surface area contributed by atoms with E-state index in [1.54, 1.807) is 13.8 Å². The summed E-state index contributed by atoms with van der Waals surface area (Å²) in [7, 11) is 0. The lowest BCUT2D eigenvalue weighted by atomic mass is 10.0. The monoisotopic (exact) mass is 461 g/mol. The molecule has 5 unspecified atom stereocenters. The maximum Gasteiger partial charge on any atom is 0.326 e. The first-order chi connectivity index (χ1) is 14.8. The molecule has 0 spiro atoms. The molecular weight excluding hydrogens is 426 g/mol. The Bertz CT molecular complexity index is 681. The minimum absolute atomic E-state index is 0.0978. The molecule has 14 heteroatoms. The maximum absolute atomic E-state index is 12.5. The summed E-state index contributed by atoms with van der Waals surface area (Å²) in [6, 6.07) is -5.24. The highest BCUT2D eigenvalue weighted by Crippen LogP contribution is 2.03. The Kier molecular flexibility index (Phi) is 12.8. The molecular formula is C18H35N7O7. The zero-order valence-electron chi connectivity index (χ0n) is 18.4. The molecule has 0 saturated heterocycles. The average molecular weight is 462 g/mol. The molecule has 0 aromatic carbocycles. The van der Waals surface area contributed by atoms with Gasteiger partial charge in [0.2, 0.25) is 17.7 Å². The minimum Gasteiger partial charge on any atom is -0.480 e. The van der Waals surface area contributed by atoms with E-state index < -0.39 is 66.5 Å². The van der Waals surface area contributed by atoms with Gasteiger partial charge in [-0.1, -0.05) is 13.8 Å². The smallest absolute Gasteiger partial charge is 0.326 e. The van der Waals surface area contributed by atoms with Crippen LogP contribution in [0.5, 0.6) is 0 Å². The lowest BCUT2D eigenvalue weighted by Gasteiger charge is -2.26. The Hall–Kier alpha value is -2.97. The summed E-state index contributed by atoms with van der Waals surface area (Å²) < 4.78 is 0. The molecule has 3 amide bonds. The summed E-state index contributed by atoms with van der Waals surface area (Å²) in [6.45, 7) is 3.80. The summed E-state index contributed by atoms with van der Waals surface area (Å²) in [4.78, 5) is 52.1. The number of carboxylic acid groups (broad SMARTS) is 1. The second kappa shape index (κ2) is 14.2. The number of hydrogen-bond donors (Lipinski definition) is 9. The summed E-state index contributed by atoms with van der Waals surface area (Å²) in [5.74, 6) is -4.46. The van der Waals surface area contributed by atoms with Crippen molar-refractivity contribution in [3.05, 3.63) is 0 Å². The van der Waals surface area contributed by atoms with Crippen LogP contribution in [0.15, 0.2) is 4.99 Å². The molecule has 32 heavy (non-hydrogen) atoms. The van der Waals surface area contributed by atoms with E-state index in [-0.39, 0.29) is 18.9 Å². The van der Waals surface area contributed by atoms with Crippen LogP contribution in [-0.2, 0) is 19.2 Å². The van der Waals surface area contributed by atoms with Crippen LogP contribution in [0.4, 0.5) is 0 Å². The molecule has 0 fully saturated rings. The van der Waals surface area contributed by atoms with E-state index in [1.807, 2.05) is 0 Å². The van der Waals surface area contributed by atoms with Crippen molar-refractivity contribution in [1.82, 2.24) is 16.0 Å². The van der Waals surface area contributed by atoms with Crippen LogP contribution in [0.2, 0.25) is 0 Å². The SMILES string of the molecule is CC(C)C(NC(=O)C(CO)NC(=O)C(NC(=O)C(N)CCCN=C(N)N)C(C)O)C(=O)O. The molecule has 0 saturated carbocycles. The second-order valence-corrected chi connectivity index (χ2v) is 7.59. The summed E-state index contributed by atoms with van der Waals surface area (Å²) >= 11 is 0. The number of guanidine groups is 1. The van der Waals surface area contributed by atoms with Gasteiger partial charge in [0.25, 0.3) is 0 Å². The van der Waals surface area contributed by atoms with Gasteiger partial charge in [-0.15, -0.1) is 0 Å². The molecule has 12 N–H and O–H groups in total. The number of carbonyl (C=O) groups is 4. The zero-order chi connectivity index (χ0) is 25.0. The number of hydrogen-bond acceptors (Lipinski definition) is 8. The number of amides is 3. The fraction of sp³-hybridized carbons (Fsp3) is 0.722. The van der Waals surface area contributed by atoms with Crippen molar-refractivity contribution in [2.24, 2.45) is 28.1 Å². The fourth-order valence-electron chi connectivity index (χ4n) is 2.54. The van der Waals surface area contributed by atoms with Gasteiger partial charge in [-0.25, -0.2) is 4.79 Å². The number of rotatable bonds is 14. The van der Waals surface area contributed by atoms with E-state index in [1.165, 1.54) is 6.92 Å². The Morgan fingerprint density at radius 1 is 0.938 bits per heavy atom. The van der Waals surface area contributed by atoms with Crippen LogP contribution < -0.4 is 33.2 Å². The van der Waals surface area contributed by atoms with E-state index in [0.717, 1.165) is 0 Å². The predicted octanol–water partition coefficient (Wildman–Crippen LogP) is -4.06. The number of carbonyl (C=O) groups excluding carboxylic acids is 3. The molecule has 0 aromatic heterocycles. The van der Waals surface area contributed by atoms with E-state index >= 15 is 0 Å². The third-order valence-electron chi connectivity index (χ3n) is 4.41. The molecule has 0 aliphatic heterocycles. The maximum atomic E-state index is 12.5. The number of carboxylic acids is 1. The number of nitrogens with zero attached hydrogens (tertiary/aromatic N) is 1. The normalized spacial score (nSPS) is 15.6. The first kappa shape index (κ1) is 29.0. The second-order valence-electron chi connectivity index (χ2n) is 7.59. The van der Waals surface area contributed by atoms with Crippen molar-refractivity contribution in [1.29, 1.82) is 0 Å². The van der Waals surface area contributed by atoms with Crippen molar-refractivity contribution in [3.8, 4) is 0 Å². The Balaban J connectivity index is 5.05. The van der Waals surface area contributed by atoms with Gasteiger partial charge in [-0.3, -0.25) is 19.4 Å². The number of nitrogens with two attached hydrogens (primary N) is 3. The standard InChI is InChI=1S/C18H35N7O7/c1-8(2)12(17(31)32)24-15(29)11(7-26)23-16(30)13(9(3)27)25-14(28)10(19)5-4-6-22-18(20)21/h8-13,26-27H,4-7,19H2,1-3H3,(H,23,30)(H,24,29)(H,25,28)(H,31,32)(H4,20,21,22). The molecule has 0 aliphatic rings. The van der Waals surface area contributed by atoms with Crippen LogP contribution in [0.1, 0.15) is 33.6 Å². The van der Waals surface area contributed by atoms with Gasteiger partial charge < -0.3 is 48.5 Å². The number of aliphatic hydroxyl groups excluding tert-OH is 2. The van der Waals surface area contributed by atoms with Gasteiger partial charge in [0.1, 0.15) is 18.1 Å². The number of nitrogens with one attached hydrogen (secondary N) is 3. The Morgan fingerprint density at radius 3 is 1.94 bits per heavy atom. The molecule has 0 aliphatic carbocycles. The van der Waals surface area contributed by atoms with Crippen molar-refractivity contribution in [3.63, 3.8) is 0 Å². The summed E-state index contributed by atoms with van der Waals surface area (Å²) in [5.41, 5.74) is 16.2. The average Bonchev–Trinajstić information content (AvgIpc) is 2.69. The molecule has 0 bridgehead atoms. The lowest BCUT2D eigenvalue weighted by molar-refractivity contribution is -0.144. The predicted molar refractivity (Wildman–Crippen MR) is 115 cm³/mol. The Morgan fingerprint density at radius 2 is 1.50 bits per heavy atom. The first-order valence-corrected chi connectivity index (χ1v) is 10.1. The summed E-state index contributed by atoms with van der Waals surface area (Å²) in [5, 5.41) is 35.2. The highest BCUT2D eigenvalue weighted by Gasteiger charge is 2.32.